The van der Waals surface area contributed by atoms with Gasteiger partial charge in [-0.15, -0.1) is 11.3 Å². The van der Waals surface area contributed by atoms with Gasteiger partial charge in [-0.1, -0.05) is 42.5 Å². The maximum atomic E-state index is 6.30. The number of nitrogens with two attached hydrogens (primary N) is 1. The Morgan fingerprint density at radius 2 is 1.90 bits per heavy atom. The van der Waals surface area contributed by atoms with E-state index in [-0.39, 0.29) is 6.04 Å². The Kier molecular flexibility index (Phi) is 3.81. The van der Waals surface area contributed by atoms with E-state index in [1.807, 2.05) is 6.92 Å². The molecule has 3 aromatic rings. The molecule has 2 N–H and O–H groups in total. The molecule has 0 saturated carbocycles. The van der Waals surface area contributed by atoms with Crippen LogP contribution in [0, 0.1) is 6.92 Å². The van der Waals surface area contributed by atoms with Crippen molar-refractivity contribution in [3.63, 3.8) is 0 Å². The minimum atomic E-state index is 0.117. The molecule has 2 aromatic carbocycles. The molecule has 102 valence electrons. The first-order valence-corrected chi connectivity index (χ1v) is 7.73. The number of thiazole rings is 1. The highest BCUT2D eigenvalue weighted by Gasteiger charge is 2.10. The maximum absolute atomic E-state index is 6.30. The minimum absolute atomic E-state index is 0.117. The minimum Gasteiger partial charge on any atom is -0.327 e. The van der Waals surface area contributed by atoms with Crippen LogP contribution in [0.1, 0.15) is 16.3 Å². The van der Waals surface area contributed by atoms with Gasteiger partial charge in [0.15, 0.2) is 0 Å². The van der Waals surface area contributed by atoms with Gasteiger partial charge in [0, 0.05) is 23.5 Å². The SMILES string of the molecule is Cc1csc(CC(N)Cc2cccc3ccccc23)n1. The highest BCUT2D eigenvalue weighted by Crippen LogP contribution is 2.20. The van der Waals surface area contributed by atoms with Gasteiger partial charge in [0.1, 0.15) is 0 Å². The molecule has 0 saturated heterocycles. The zero-order valence-electron chi connectivity index (χ0n) is 11.5. The predicted molar refractivity (Wildman–Crippen MR) is 86.2 cm³/mol. The Bertz CT molecular complexity index is 712. The Morgan fingerprint density at radius 1 is 1.10 bits per heavy atom. The Hall–Kier alpha value is -1.71. The van der Waals surface area contributed by atoms with Crippen LogP contribution in [0.3, 0.4) is 0 Å². The number of fused-ring (bicyclic) bond motifs is 1. The van der Waals surface area contributed by atoms with E-state index in [4.69, 9.17) is 5.73 Å². The van der Waals surface area contributed by atoms with Crippen molar-refractivity contribution in [2.75, 3.05) is 0 Å². The van der Waals surface area contributed by atoms with Crippen molar-refractivity contribution in [2.45, 2.75) is 25.8 Å². The van der Waals surface area contributed by atoms with Gasteiger partial charge in [-0.3, -0.25) is 0 Å². The second-order valence-corrected chi connectivity index (χ2v) is 6.13. The molecule has 0 amide bonds. The summed E-state index contributed by atoms with van der Waals surface area (Å²) in [5.41, 5.74) is 8.71. The van der Waals surface area contributed by atoms with Crippen molar-refractivity contribution in [3.8, 4) is 0 Å². The molecule has 20 heavy (non-hydrogen) atoms. The fourth-order valence-electron chi connectivity index (χ4n) is 2.55. The molecule has 0 radical (unpaired) electrons. The lowest BCUT2D eigenvalue weighted by Crippen LogP contribution is -2.25. The molecule has 1 atom stereocenters. The van der Waals surface area contributed by atoms with E-state index in [1.165, 1.54) is 16.3 Å². The third kappa shape index (κ3) is 2.89. The number of rotatable bonds is 4. The first kappa shape index (κ1) is 13.3. The summed E-state index contributed by atoms with van der Waals surface area (Å²) in [5, 5.41) is 5.80. The molecule has 0 aliphatic carbocycles. The van der Waals surface area contributed by atoms with Crippen LogP contribution in [0.15, 0.2) is 47.8 Å². The third-order valence-corrected chi connectivity index (χ3v) is 4.45. The molecule has 2 nitrogen and oxygen atoms in total. The molecule has 0 aliphatic heterocycles. The van der Waals surface area contributed by atoms with Gasteiger partial charge in [0.2, 0.25) is 0 Å². The molecule has 0 bridgehead atoms. The predicted octanol–water partition coefficient (Wildman–Crippen LogP) is 3.72. The summed E-state index contributed by atoms with van der Waals surface area (Å²) in [5.74, 6) is 0. The molecular weight excluding hydrogens is 264 g/mol. The van der Waals surface area contributed by atoms with E-state index in [0.29, 0.717) is 0 Å². The molecule has 0 spiro atoms. The summed E-state index contributed by atoms with van der Waals surface area (Å²) in [6.07, 6.45) is 1.74. The fraction of sp³-hybridized carbons (Fsp3) is 0.235. The molecule has 0 fully saturated rings. The maximum Gasteiger partial charge on any atom is 0.0943 e. The van der Waals surface area contributed by atoms with E-state index >= 15 is 0 Å². The summed E-state index contributed by atoms with van der Waals surface area (Å²) in [7, 11) is 0. The summed E-state index contributed by atoms with van der Waals surface area (Å²) in [6, 6.07) is 15.0. The smallest absolute Gasteiger partial charge is 0.0943 e. The van der Waals surface area contributed by atoms with Gasteiger partial charge >= 0.3 is 0 Å². The average molecular weight is 282 g/mol. The van der Waals surface area contributed by atoms with Gasteiger partial charge in [0.25, 0.3) is 0 Å². The summed E-state index contributed by atoms with van der Waals surface area (Å²) < 4.78 is 0. The first-order chi connectivity index (χ1) is 9.72. The molecule has 1 unspecified atom stereocenters. The van der Waals surface area contributed by atoms with Crippen molar-refractivity contribution in [3.05, 3.63) is 64.1 Å². The lowest BCUT2D eigenvalue weighted by Gasteiger charge is -2.12. The monoisotopic (exact) mass is 282 g/mol. The van der Waals surface area contributed by atoms with Crippen LogP contribution in [0.4, 0.5) is 0 Å². The number of aromatic nitrogens is 1. The van der Waals surface area contributed by atoms with Crippen LogP contribution in [0.2, 0.25) is 0 Å². The molecule has 3 rings (SSSR count). The molecular formula is C17H18N2S. The second kappa shape index (κ2) is 5.73. The Morgan fingerprint density at radius 3 is 2.70 bits per heavy atom. The molecule has 0 aliphatic rings. The lowest BCUT2D eigenvalue weighted by atomic mass is 9.98. The van der Waals surface area contributed by atoms with E-state index in [0.717, 1.165) is 23.5 Å². The van der Waals surface area contributed by atoms with Crippen molar-refractivity contribution in [2.24, 2.45) is 5.73 Å². The summed E-state index contributed by atoms with van der Waals surface area (Å²) in [6.45, 7) is 2.02. The zero-order valence-corrected chi connectivity index (χ0v) is 12.4. The largest absolute Gasteiger partial charge is 0.327 e. The zero-order chi connectivity index (χ0) is 13.9. The van der Waals surface area contributed by atoms with Crippen molar-refractivity contribution in [1.29, 1.82) is 0 Å². The first-order valence-electron chi connectivity index (χ1n) is 6.85. The highest BCUT2D eigenvalue weighted by molar-refractivity contribution is 7.09. The quantitative estimate of drug-likeness (QED) is 0.792. The van der Waals surface area contributed by atoms with Crippen LogP contribution >= 0.6 is 11.3 Å². The van der Waals surface area contributed by atoms with Crippen molar-refractivity contribution in [1.82, 2.24) is 4.98 Å². The van der Waals surface area contributed by atoms with Crippen LogP contribution < -0.4 is 5.73 Å². The van der Waals surface area contributed by atoms with Crippen molar-refractivity contribution < 1.29 is 0 Å². The van der Waals surface area contributed by atoms with Crippen LogP contribution in [-0.4, -0.2) is 11.0 Å². The second-order valence-electron chi connectivity index (χ2n) is 5.19. The number of hydrogen-bond acceptors (Lipinski definition) is 3. The lowest BCUT2D eigenvalue weighted by molar-refractivity contribution is 0.664. The van der Waals surface area contributed by atoms with Crippen LogP contribution in [0.25, 0.3) is 10.8 Å². The number of benzene rings is 2. The number of nitrogens with zero attached hydrogens (tertiary/aromatic N) is 1. The summed E-state index contributed by atoms with van der Waals surface area (Å²) >= 11 is 1.70. The topological polar surface area (TPSA) is 38.9 Å². The van der Waals surface area contributed by atoms with Crippen molar-refractivity contribution >= 4 is 22.1 Å². The number of aryl methyl sites for hydroxylation is 1. The fourth-order valence-corrected chi connectivity index (χ4v) is 3.41. The van der Waals surface area contributed by atoms with Crippen LogP contribution in [-0.2, 0) is 12.8 Å². The average Bonchev–Trinajstić information content (AvgIpc) is 2.84. The number of hydrogen-bond donors (Lipinski definition) is 1. The molecule has 3 heteroatoms. The van der Waals surface area contributed by atoms with E-state index in [9.17, 15) is 0 Å². The van der Waals surface area contributed by atoms with Crippen LogP contribution in [0.5, 0.6) is 0 Å². The molecule has 1 aromatic heterocycles. The normalized spacial score (nSPS) is 12.7. The Balaban J connectivity index is 1.79. The van der Waals surface area contributed by atoms with E-state index in [1.54, 1.807) is 11.3 Å². The van der Waals surface area contributed by atoms with Gasteiger partial charge in [0.05, 0.1) is 5.01 Å². The Labute approximate surface area is 123 Å². The van der Waals surface area contributed by atoms with Gasteiger partial charge in [-0.25, -0.2) is 4.98 Å². The standard InChI is InChI=1S/C17H18N2S/c1-12-11-20-17(19-12)10-15(18)9-14-7-4-6-13-5-2-3-8-16(13)14/h2-8,11,15H,9-10,18H2,1H3. The highest BCUT2D eigenvalue weighted by atomic mass is 32.1. The summed E-state index contributed by atoms with van der Waals surface area (Å²) in [4.78, 5) is 4.49. The van der Waals surface area contributed by atoms with E-state index in [2.05, 4.69) is 52.8 Å². The van der Waals surface area contributed by atoms with E-state index < -0.39 is 0 Å². The third-order valence-electron chi connectivity index (χ3n) is 3.47. The van der Waals surface area contributed by atoms with Gasteiger partial charge in [-0.05, 0) is 29.7 Å². The van der Waals surface area contributed by atoms with Gasteiger partial charge in [-0.2, -0.15) is 0 Å². The van der Waals surface area contributed by atoms with Gasteiger partial charge < -0.3 is 5.73 Å². The molecule has 1 heterocycles.